The SMILES string of the molecule is NCCNc1cnn(-c2ccccc2)c1C1CCCCC1. The fourth-order valence-electron chi connectivity index (χ4n) is 3.24. The predicted molar refractivity (Wildman–Crippen MR) is 86.9 cm³/mol. The van der Waals surface area contributed by atoms with Crippen LogP contribution < -0.4 is 11.1 Å². The third kappa shape index (κ3) is 3.10. The predicted octanol–water partition coefficient (Wildman–Crippen LogP) is 3.29. The highest BCUT2D eigenvalue weighted by Gasteiger charge is 2.23. The molecule has 1 aliphatic carbocycles. The highest BCUT2D eigenvalue weighted by Crippen LogP contribution is 2.37. The summed E-state index contributed by atoms with van der Waals surface area (Å²) in [6.07, 6.45) is 8.47. The second-order valence-corrected chi connectivity index (χ2v) is 5.74. The molecule has 2 aromatic rings. The minimum absolute atomic E-state index is 0.599. The van der Waals surface area contributed by atoms with Crippen LogP contribution in [-0.4, -0.2) is 22.9 Å². The molecule has 0 atom stereocenters. The van der Waals surface area contributed by atoms with Crippen LogP contribution in [0.2, 0.25) is 0 Å². The molecule has 0 amide bonds. The van der Waals surface area contributed by atoms with E-state index in [0.717, 1.165) is 17.9 Å². The van der Waals surface area contributed by atoms with Gasteiger partial charge in [0.2, 0.25) is 0 Å². The van der Waals surface area contributed by atoms with Crippen molar-refractivity contribution in [2.45, 2.75) is 38.0 Å². The van der Waals surface area contributed by atoms with Gasteiger partial charge in [-0.05, 0) is 25.0 Å². The van der Waals surface area contributed by atoms with E-state index in [4.69, 9.17) is 5.73 Å². The van der Waals surface area contributed by atoms with Gasteiger partial charge in [-0.25, -0.2) is 4.68 Å². The minimum atomic E-state index is 0.599. The van der Waals surface area contributed by atoms with Gasteiger partial charge >= 0.3 is 0 Å². The van der Waals surface area contributed by atoms with Crippen molar-refractivity contribution in [2.24, 2.45) is 5.73 Å². The number of para-hydroxylation sites is 1. The second-order valence-electron chi connectivity index (χ2n) is 5.74. The van der Waals surface area contributed by atoms with Crippen LogP contribution >= 0.6 is 0 Å². The molecule has 3 rings (SSSR count). The fourth-order valence-corrected chi connectivity index (χ4v) is 3.24. The van der Waals surface area contributed by atoms with Crippen molar-refractivity contribution in [2.75, 3.05) is 18.4 Å². The maximum absolute atomic E-state index is 5.63. The first-order valence-corrected chi connectivity index (χ1v) is 7.97. The fraction of sp³-hybridized carbons (Fsp3) is 0.471. The molecule has 0 bridgehead atoms. The van der Waals surface area contributed by atoms with E-state index < -0.39 is 0 Å². The summed E-state index contributed by atoms with van der Waals surface area (Å²) < 4.78 is 2.11. The molecule has 0 unspecified atom stereocenters. The Balaban J connectivity index is 1.97. The average molecular weight is 284 g/mol. The molecule has 1 aliphatic rings. The van der Waals surface area contributed by atoms with Crippen molar-refractivity contribution < 1.29 is 0 Å². The minimum Gasteiger partial charge on any atom is -0.381 e. The van der Waals surface area contributed by atoms with Gasteiger partial charge in [0.15, 0.2) is 0 Å². The molecule has 21 heavy (non-hydrogen) atoms. The molecule has 1 aromatic carbocycles. The molecule has 3 N–H and O–H groups in total. The maximum Gasteiger partial charge on any atom is 0.0767 e. The number of aromatic nitrogens is 2. The molecule has 1 heterocycles. The highest BCUT2D eigenvalue weighted by molar-refractivity contribution is 5.52. The molecule has 1 aromatic heterocycles. The van der Waals surface area contributed by atoms with Crippen LogP contribution in [0, 0.1) is 0 Å². The normalized spacial score (nSPS) is 16.0. The van der Waals surface area contributed by atoms with E-state index in [9.17, 15) is 0 Å². The number of hydrogen-bond acceptors (Lipinski definition) is 3. The molecule has 0 saturated heterocycles. The lowest BCUT2D eigenvalue weighted by atomic mass is 9.86. The third-order valence-electron chi connectivity index (χ3n) is 4.26. The highest BCUT2D eigenvalue weighted by atomic mass is 15.3. The molecular formula is C17H24N4. The first-order valence-electron chi connectivity index (χ1n) is 7.97. The van der Waals surface area contributed by atoms with Gasteiger partial charge in [-0.2, -0.15) is 5.10 Å². The van der Waals surface area contributed by atoms with Gasteiger partial charge in [0.05, 0.1) is 23.3 Å². The van der Waals surface area contributed by atoms with Gasteiger partial charge in [-0.15, -0.1) is 0 Å². The zero-order valence-corrected chi connectivity index (χ0v) is 12.5. The number of rotatable bonds is 5. The Kier molecular flexibility index (Phi) is 4.55. The average Bonchev–Trinajstić information content (AvgIpc) is 2.98. The Morgan fingerprint density at radius 1 is 1.14 bits per heavy atom. The van der Waals surface area contributed by atoms with Crippen LogP contribution in [0.3, 0.4) is 0 Å². The van der Waals surface area contributed by atoms with Crippen molar-refractivity contribution in [1.29, 1.82) is 0 Å². The van der Waals surface area contributed by atoms with E-state index in [2.05, 4.69) is 39.4 Å². The topological polar surface area (TPSA) is 55.9 Å². The summed E-state index contributed by atoms with van der Waals surface area (Å²) in [5.74, 6) is 0.599. The van der Waals surface area contributed by atoms with Gasteiger partial charge in [-0.3, -0.25) is 0 Å². The van der Waals surface area contributed by atoms with Gasteiger partial charge in [0.1, 0.15) is 0 Å². The van der Waals surface area contributed by atoms with Crippen LogP contribution in [0.1, 0.15) is 43.7 Å². The van der Waals surface area contributed by atoms with Crippen LogP contribution in [-0.2, 0) is 0 Å². The first-order chi connectivity index (χ1) is 10.4. The lowest BCUT2D eigenvalue weighted by molar-refractivity contribution is 0.430. The summed E-state index contributed by atoms with van der Waals surface area (Å²) in [6.45, 7) is 1.43. The number of nitrogens with zero attached hydrogens (tertiary/aromatic N) is 2. The van der Waals surface area contributed by atoms with Crippen LogP contribution in [0.15, 0.2) is 36.5 Å². The third-order valence-corrected chi connectivity index (χ3v) is 4.26. The summed E-state index contributed by atoms with van der Waals surface area (Å²) in [6, 6.07) is 10.4. The Hall–Kier alpha value is -1.81. The van der Waals surface area contributed by atoms with E-state index in [0.29, 0.717) is 12.5 Å². The summed E-state index contributed by atoms with van der Waals surface area (Å²) in [5.41, 5.74) is 9.25. The number of nitrogens with one attached hydrogen (secondary N) is 1. The standard InChI is InChI=1S/C17H24N4/c18-11-12-19-16-13-20-21(15-9-5-2-6-10-15)17(16)14-7-3-1-4-8-14/h2,5-6,9-10,13-14,19H,1,3-4,7-8,11-12,18H2. The summed E-state index contributed by atoms with van der Waals surface area (Å²) in [4.78, 5) is 0. The van der Waals surface area contributed by atoms with Crippen molar-refractivity contribution in [3.8, 4) is 5.69 Å². The Morgan fingerprint density at radius 3 is 2.62 bits per heavy atom. The van der Waals surface area contributed by atoms with Gasteiger partial charge < -0.3 is 11.1 Å². The van der Waals surface area contributed by atoms with Crippen LogP contribution in [0.5, 0.6) is 0 Å². The number of nitrogens with two attached hydrogens (primary N) is 1. The van der Waals surface area contributed by atoms with Crippen LogP contribution in [0.25, 0.3) is 5.69 Å². The molecular weight excluding hydrogens is 260 g/mol. The van der Waals surface area contributed by atoms with Crippen molar-refractivity contribution >= 4 is 5.69 Å². The molecule has 1 fully saturated rings. The maximum atomic E-state index is 5.63. The molecule has 4 heteroatoms. The molecule has 0 spiro atoms. The summed E-state index contributed by atoms with van der Waals surface area (Å²) >= 11 is 0. The zero-order valence-electron chi connectivity index (χ0n) is 12.5. The Bertz CT molecular complexity index is 555. The van der Waals surface area contributed by atoms with Gasteiger partial charge in [0.25, 0.3) is 0 Å². The van der Waals surface area contributed by atoms with Crippen molar-refractivity contribution in [3.05, 3.63) is 42.2 Å². The lowest BCUT2D eigenvalue weighted by Gasteiger charge is -2.24. The van der Waals surface area contributed by atoms with E-state index in [-0.39, 0.29) is 0 Å². The van der Waals surface area contributed by atoms with E-state index >= 15 is 0 Å². The lowest BCUT2D eigenvalue weighted by Crippen LogP contribution is -2.16. The van der Waals surface area contributed by atoms with Crippen molar-refractivity contribution in [1.82, 2.24) is 9.78 Å². The van der Waals surface area contributed by atoms with Crippen LogP contribution in [0.4, 0.5) is 5.69 Å². The summed E-state index contributed by atoms with van der Waals surface area (Å²) in [5, 5.41) is 8.07. The van der Waals surface area contributed by atoms with E-state index in [1.165, 1.54) is 37.8 Å². The Morgan fingerprint density at radius 2 is 1.90 bits per heavy atom. The van der Waals surface area contributed by atoms with Crippen molar-refractivity contribution in [3.63, 3.8) is 0 Å². The number of hydrogen-bond donors (Lipinski definition) is 2. The van der Waals surface area contributed by atoms with Gasteiger partial charge in [-0.1, -0.05) is 37.5 Å². The number of anilines is 1. The molecule has 112 valence electrons. The zero-order chi connectivity index (χ0) is 14.5. The molecule has 1 saturated carbocycles. The molecule has 4 nitrogen and oxygen atoms in total. The smallest absolute Gasteiger partial charge is 0.0767 e. The molecule has 0 aliphatic heterocycles. The number of benzene rings is 1. The quantitative estimate of drug-likeness (QED) is 0.886. The first kappa shape index (κ1) is 14.1. The summed E-state index contributed by atoms with van der Waals surface area (Å²) in [7, 11) is 0. The second kappa shape index (κ2) is 6.76. The largest absolute Gasteiger partial charge is 0.381 e. The Labute approximate surface area is 126 Å². The van der Waals surface area contributed by atoms with E-state index in [1.807, 2.05) is 12.3 Å². The monoisotopic (exact) mass is 284 g/mol. The van der Waals surface area contributed by atoms with Gasteiger partial charge in [0, 0.05) is 19.0 Å². The molecule has 0 radical (unpaired) electrons. The van der Waals surface area contributed by atoms with E-state index in [1.54, 1.807) is 0 Å².